The first-order chi connectivity index (χ1) is 18.5. The quantitative estimate of drug-likeness (QED) is 0.401. The first-order valence-corrected chi connectivity index (χ1v) is 12.4. The van der Waals surface area contributed by atoms with Gasteiger partial charge in [-0.25, -0.2) is 4.79 Å². The smallest absolute Gasteiger partial charge is 0.338 e. The van der Waals surface area contributed by atoms with Crippen molar-refractivity contribution in [3.8, 4) is 34.5 Å². The molecule has 5 rings (SSSR count). The summed E-state index contributed by atoms with van der Waals surface area (Å²) in [7, 11) is 4.79. The highest BCUT2D eigenvalue weighted by Gasteiger charge is 2.39. The fourth-order valence-corrected chi connectivity index (χ4v) is 4.99. The molecular formula is C29H31NO8. The molecule has 2 aliphatic heterocycles. The van der Waals surface area contributed by atoms with Crippen LogP contribution in [0.25, 0.3) is 0 Å². The van der Waals surface area contributed by atoms with Crippen LogP contribution in [0.2, 0.25) is 0 Å². The van der Waals surface area contributed by atoms with Gasteiger partial charge in [0, 0.05) is 29.2 Å². The Labute approximate surface area is 221 Å². The molecule has 0 bridgehead atoms. The highest BCUT2D eigenvalue weighted by atomic mass is 16.7. The second kappa shape index (κ2) is 10.6. The average Bonchev–Trinajstić information content (AvgIpc) is 3.39. The van der Waals surface area contributed by atoms with Gasteiger partial charge < -0.3 is 38.5 Å². The minimum Gasteiger partial charge on any atom is -0.493 e. The summed E-state index contributed by atoms with van der Waals surface area (Å²) in [6, 6.07) is 14.9. The predicted octanol–water partition coefficient (Wildman–Crippen LogP) is 5.22. The third-order valence-corrected chi connectivity index (χ3v) is 6.85. The maximum absolute atomic E-state index is 12.1. The molecule has 0 amide bonds. The number of ether oxygens (including phenoxy) is 7. The molecule has 0 radical (unpaired) electrons. The van der Waals surface area contributed by atoms with Crippen LogP contribution < -0.4 is 33.7 Å². The maximum Gasteiger partial charge on any atom is 0.338 e. The molecule has 0 saturated carbocycles. The highest BCUT2D eigenvalue weighted by molar-refractivity contribution is 5.89. The molecule has 0 aliphatic carbocycles. The van der Waals surface area contributed by atoms with Gasteiger partial charge in [-0.15, -0.1) is 0 Å². The van der Waals surface area contributed by atoms with Crippen LogP contribution in [0.4, 0.5) is 5.69 Å². The Morgan fingerprint density at radius 3 is 2.18 bits per heavy atom. The highest BCUT2D eigenvalue weighted by Crippen LogP contribution is 2.51. The second-order valence-electron chi connectivity index (χ2n) is 9.02. The zero-order valence-electron chi connectivity index (χ0n) is 22.0. The fraction of sp³-hybridized carbons (Fsp3) is 0.345. The molecule has 1 N–H and O–H groups in total. The Morgan fingerprint density at radius 1 is 0.921 bits per heavy atom. The number of benzene rings is 3. The molecule has 9 heteroatoms. The summed E-state index contributed by atoms with van der Waals surface area (Å²) in [5.74, 6) is 3.16. The number of rotatable bonds is 8. The molecule has 0 saturated heterocycles. The molecule has 0 unspecified atom stereocenters. The molecule has 3 aromatic rings. The topological polar surface area (TPSA) is 93.7 Å². The van der Waals surface area contributed by atoms with E-state index in [-0.39, 0.29) is 24.6 Å². The maximum atomic E-state index is 12.1. The third kappa shape index (κ3) is 4.60. The minimum atomic E-state index is -0.402. The molecular weight excluding hydrogens is 490 g/mol. The van der Waals surface area contributed by atoms with Gasteiger partial charge in [0.15, 0.2) is 29.2 Å². The summed E-state index contributed by atoms with van der Waals surface area (Å²) in [5.41, 5.74) is 3.23. The van der Waals surface area contributed by atoms with Crippen LogP contribution in [-0.2, 0) is 4.74 Å². The minimum absolute atomic E-state index is 0.0459. The van der Waals surface area contributed by atoms with Crippen molar-refractivity contribution in [2.24, 2.45) is 5.92 Å². The summed E-state index contributed by atoms with van der Waals surface area (Å²) in [6.07, 6.45) is -0.402. The van der Waals surface area contributed by atoms with Crippen molar-refractivity contribution >= 4 is 11.7 Å². The normalized spacial score (nSPS) is 19.1. The van der Waals surface area contributed by atoms with Gasteiger partial charge in [0.05, 0.1) is 33.5 Å². The van der Waals surface area contributed by atoms with Crippen molar-refractivity contribution < 1.29 is 38.0 Å². The number of nitrogens with one attached hydrogen (secondary N) is 1. The van der Waals surface area contributed by atoms with Gasteiger partial charge in [0.1, 0.15) is 5.75 Å². The summed E-state index contributed by atoms with van der Waals surface area (Å²) in [5, 5.41) is 3.48. The molecule has 0 aromatic heterocycles. The van der Waals surface area contributed by atoms with Crippen LogP contribution >= 0.6 is 0 Å². The third-order valence-electron chi connectivity index (χ3n) is 6.85. The Morgan fingerprint density at radius 2 is 1.58 bits per heavy atom. The van der Waals surface area contributed by atoms with Gasteiger partial charge in [0.25, 0.3) is 0 Å². The SMILES string of the molecule is CCOC(=O)c1ccc(N[C@@H]2Oc3cc4c(cc3[C@@H](c3cc(OC)c(OC)c(OC)c3)[C@@H]2C)OCO4)cc1. The number of hydrogen-bond acceptors (Lipinski definition) is 9. The second-order valence-corrected chi connectivity index (χ2v) is 9.02. The van der Waals surface area contributed by atoms with E-state index >= 15 is 0 Å². The van der Waals surface area contributed by atoms with Crippen LogP contribution in [0, 0.1) is 5.92 Å². The Balaban J connectivity index is 1.54. The number of methoxy groups -OCH3 is 3. The van der Waals surface area contributed by atoms with Crippen LogP contribution in [0.15, 0.2) is 48.5 Å². The van der Waals surface area contributed by atoms with Crippen molar-refractivity contribution in [2.45, 2.75) is 26.0 Å². The van der Waals surface area contributed by atoms with Crippen LogP contribution in [0.1, 0.15) is 41.3 Å². The lowest BCUT2D eigenvalue weighted by atomic mass is 9.78. The van der Waals surface area contributed by atoms with Gasteiger partial charge in [-0.05, 0) is 55.0 Å². The van der Waals surface area contributed by atoms with Crippen LogP contribution in [-0.4, -0.2) is 46.9 Å². The fourth-order valence-electron chi connectivity index (χ4n) is 4.99. The van der Waals surface area contributed by atoms with E-state index in [0.29, 0.717) is 46.7 Å². The predicted molar refractivity (Wildman–Crippen MR) is 140 cm³/mol. The lowest BCUT2D eigenvalue weighted by Gasteiger charge is -2.39. The molecule has 3 aromatic carbocycles. The number of fused-ring (bicyclic) bond motifs is 2. The van der Waals surface area contributed by atoms with E-state index in [0.717, 1.165) is 16.8 Å². The summed E-state index contributed by atoms with van der Waals surface area (Å²) >= 11 is 0. The first kappa shape index (κ1) is 25.4. The number of carbonyl (C=O) groups is 1. The zero-order valence-corrected chi connectivity index (χ0v) is 22.0. The largest absolute Gasteiger partial charge is 0.493 e. The van der Waals surface area contributed by atoms with Gasteiger partial charge in [-0.3, -0.25) is 0 Å². The summed E-state index contributed by atoms with van der Waals surface area (Å²) in [4.78, 5) is 12.1. The van der Waals surface area contributed by atoms with Crippen molar-refractivity contribution in [3.63, 3.8) is 0 Å². The Kier molecular flexibility index (Phi) is 7.09. The van der Waals surface area contributed by atoms with Gasteiger partial charge in [0.2, 0.25) is 12.5 Å². The van der Waals surface area contributed by atoms with Gasteiger partial charge in [-0.1, -0.05) is 6.92 Å². The number of carbonyl (C=O) groups excluding carboxylic acids is 1. The van der Waals surface area contributed by atoms with Crippen molar-refractivity contribution in [3.05, 3.63) is 65.2 Å². The van der Waals surface area contributed by atoms with E-state index in [1.165, 1.54) is 0 Å². The number of esters is 1. The summed E-state index contributed by atoms with van der Waals surface area (Å²) < 4.78 is 39.7. The lowest BCUT2D eigenvalue weighted by molar-refractivity contribution is 0.0526. The van der Waals surface area contributed by atoms with E-state index in [1.807, 2.05) is 36.4 Å². The monoisotopic (exact) mass is 521 g/mol. The Bertz CT molecular complexity index is 1300. The standard InChI is InChI=1S/C29H31NO8/c1-6-35-29(31)17-7-9-19(10-8-17)30-28-16(2)26(18-11-24(32-3)27(34-5)25(12-18)33-4)20-13-22-23(37-15-36-22)14-21(20)38-28/h7-14,16,26,28,30H,6,15H2,1-5H3/t16-,26+,28+/m0/s1. The Hall–Kier alpha value is -4.27. The zero-order chi connectivity index (χ0) is 26.8. The van der Waals surface area contributed by atoms with Crippen molar-refractivity contribution in [1.82, 2.24) is 0 Å². The van der Waals surface area contributed by atoms with E-state index in [4.69, 9.17) is 33.2 Å². The van der Waals surface area contributed by atoms with E-state index in [2.05, 4.69) is 12.2 Å². The van der Waals surface area contributed by atoms with E-state index in [9.17, 15) is 4.79 Å². The molecule has 0 spiro atoms. The van der Waals surface area contributed by atoms with Crippen LogP contribution in [0.5, 0.6) is 34.5 Å². The van der Waals surface area contributed by atoms with E-state index < -0.39 is 6.23 Å². The van der Waals surface area contributed by atoms with Gasteiger partial charge >= 0.3 is 5.97 Å². The molecule has 2 heterocycles. The molecule has 2 aliphatic rings. The molecule has 3 atom stereocenters. The molecule has 9 nitrogen and oxygen atoms in total. The summed E-state index contributed by atoms with van der Waals surface area (Å²) in [6.45, 7) is 4.39. The molecule has 0 fully saturated rings. The first-order valence-electron chi connectivity index (χ1n) is 12.4. The molecule has 38 heavy (non-hydrogen) atoms. The lowest BCUT2D eigenvalue weighted by Crippen LogP contribution is -2.40. The van der Waals surface area contributed by atoms with Crippen molar-refractivity contribution in [2.75, 3.05) is 40.0 Å². The molecule has 200 valence electrons. The van der Waals surface area contributed by atoms with Crippen LogP contribution in [0.3, 0.4) is 0 Å². The van der Waals surface area contributed by atoms with Crippen molar-refractivity contribution in [1.29, 1.82) is 0 Å². The van der Waals surface area contributed by atoms with E-state index in [1.54, 1.807) is 40.4 Å². The number of hydrogen-bond donors (Lipinski definition) is 1. The van der Waals surface area contributed by atoms with Gasteiger partial charge in [-0.2, -0.15) is 0 Å². The average molecular weight is 522 g/mol. The number of anilines is 1.